The van der Waals surface area contributed by atoms with Crippen molar-refractivity contribution in [2.24, 2.45) is 0 Å². The third-order valence-electron chi connectivity index (χ3n) is 3.18. The first-order valence-electron chi connectivity index (χ1n) is 7.52. The second kappa shape index (κ2) is 8.93. The Morgan fingerprint density at radius 2 is 1.86 bits per heavy atom. The largest absolute Gasteiger partial charge is 0.493 e. The molecule has 0 atom stereocenters. The number of unbranched alkanes of at least 4 members (excludes halogenated alkanes) is 3. The van der Waals surface area contributed by atoms with Crippen molar-refractivity contribution in [2.75, 3.05) is 13.2 Å². The standard InChI is InChI=1S/C16H24F3NO/c1-3-5-6-7-10-21-15-9-8-13(12-20-4-2)11-14(15)16(17,18)19/h8-9,11,20H,3-7,10,12H2,1-2H3. The van der Waals surface area contributed by atoms with Gasteiger partial charge in [-0.2, -0.15) is 13.2 Å². The molecular formula is C16H24F3NO. The Labute approximate surface area is 124 Å². The third kappa shape index (κ3) is 6.38. The van der Waals surface area contributed by atoms with Crippen LogP contribution >= 0.6 is 0 Å². The molecule has 5 heteroatoms. The molecule has 1 N–H and O–H groups in total. The van der Waals surface area contributed by atoms with Crippen LogP contribution < -0.4 is 10.1 Å². The molecule has 2 nitrogen and oxygen atoms in total. The number of rotatable bonds is 9. The smallest absolute Gasteiger partial charge is 0.419 e. The first-order valence-corrected chi connectivity index (χ1v) is 7.52. The molecule has 1 aromatic rings. The minimum Gasteiger partial charge on any atom is -0.493 e. The lowest BCUT2D eigenvalue weighted by molar-refractivity contribution is -0.139. The second-order valence-corrected chi connectivity index (χ2v) is 5.02. The summed E-state index contributed by atoms with van der Waals surface area (Å²) in [6.07, 6.45) is -0.453. The second-order valence-electron chi connectivity index (χ2n) is 5.02. The molecule has 21 heavy (non-hydrogen) atoms. The monoisotopic (exact) mass is 303 g/mol. The number of ether oxygens (including phenoxy) is 1. The van der Waals surface area contributed by atoms with E-state index in [0.29, 0.717) is 18.7 Å². The first kappa shape index (κ1) is 17.8. The van der Waals surface area contributed by atoms with Crippen LogP contribution in [0.5, 0.6) is 5.75 Å². The molecule has 0 amide bonds. The van der Waals surface area contributed by atoms with E-state index in [2.05, 4.69) is 12.2 Å². The molecule has 0 aliphatic rings. The predicted octanol–water partition coefficient (Wildman–Crippen LogP) is 4.77. The molecule has 0 bridgehead atoms. The summed E-state index contributed by atoms with van der Waals surface area (Å²) >= 11 is 0. The van der Waals surface area contributed by atoms with Gasteiger partial charge < -0.3 is 10.1 Å². The number of alkyl halides is 3. The van der Waals surface area contributed by atoms with E-state index < -0.39 is 11.7 Å². The van der Waals surface area contributed by atoms with Crippen LogP contribution in [0.3, 0.4) is 0 Å². The minimum absolute atomic E-state index is 0.0701. The Bertz CT molecular complexity index is 418. The molecule has 0 fully saturated rings. The van der Waals surface area contributed by atoms with Gasteiger partial charge in [0.05, 0.1) is 12.2 Å². The fourth-order valence-electron chi connectivity index (χ4n) is 2.01. The van der Waals surface area contributed by atoms with Gasteiger partial charge in [-0.25, -0.2) is 0 Å². The topological polar surface area (TPSA) is 21.3 Å². The van der Waals surface area contributed by atoms with E-state index in [1.807, 2.05) is 6.92 Å². The Balaban J connectivity index is 2.73. The number of halogens is 3. The Morgan fingerprint density at radius 3 is 2.48 bits per heavy atom. The van der Waals surface area contributed by atoms with E-state index >= 15 is 0 Å². The maximum absolute atomic E-state index is 13.1. The van der Waals surface area contributed by atoms with Gasteiger partial charge in [-0.05, 0) is 30.7 Å². The van der Waals surface area contributed by atoms with Crippen molar-refractivity contribution in [3.05, 3.63) is 29.3 Å². The SMILES string of the molecule is CCCCCCOc1ccc(CNCC)cc1C(F)(F)F. The summed E-state index contributed by atoms with van der Waals surface area (Å²) in [6.45, 7) is 5.48. The van der Waals surface area contributed by atoms with E-state index in [9.17, 15) is 13.2 Å². The van der Waals surface area contributed by atoms with Crippen LogP contribution in [0.25, 0.3) is 0 Å². The quantitative estimate of drug-likeness (QED) is 0.663. The normalized spacial score (nSPS) is 11.7. The molecule has 120 valence electrons. The van der Waals surface area contributed by atoms with E-state index in [1.165, 1.54) is 12.1 Å². The lowest BCUT2D eigenvalue weighted by Crippen LogP contribution is -2.14. The number of hydrogen-bond acceptors (Lipinski definition) is 2. The van der Waals surface area contributed by atoms with Gasteiger partial charge in [-0.1, -0.05) is 39.2 Å². The maximum Gasteiger partial charge on any atom is 0.419 e. The lowest BCUT2D eigenvalue weighted by atomic mass is 10.1. The van der Waals surface area contributed by atoms with Crippen molar-refractivity contribution in [2.45, 2.75) is 52.3 Å². The molecule has 0 spiro atoms. The Morgan fingerprint density at radius 1 is 1.10 bits per heavy atom. The lowest BCUT2D eigenvalue weighted by Gasteiger charge is -2.15. The highest BCUT2D eigenvalue weighted by atomic mass is 19.4. The average Bonchev–Trinajstić information content (AvgIpc) is 2.44. The minimum atomic E-state index is -4.39. The Hall–Kier alpha value is -1.23. The molecule has 0 aliphatic heterocycles. The number of benzene rings is 1. The Kier molecular flexibility index (Phi) is 7.57. The zero-order chi connectivity index (χ0) is 15.7. The summed E-state index contributed by atoms with van der Waals surface area (Å²) in [5, 5.41) is 3.02. The van der Waals surface area contributed by atoms with Crippen molar-refractivity contribution in [3.63, 3.8) is 0 Å². The highest BCUT2D eigenvalue weighted by Gasteiger charge is 2.34. The maximum atomic E-state index is 13.1. The third-order valence-corrected chi connectivity index (χ3v) is 3.18. The van der Waals surface area contributed by atoms with Crippen molar-refractivity contribution in [1.82, 2.24) is 5.32 Å². The van der Waals surface area contributed by atoms with Crippen LogP contribution in [0.4, 0.5) is 13.2 Å². The summed E-state index contributed by atoms with van der Waals surface area (Å²) in [5.74, 6) is -0.0701. The van der Waals surface area contributed by atoms with Crippen LogP contribution in [0, 0.1) is 0 Å². The molecule has 1 aromatic carbocycles. The molecule has 1 rings (SSSR count). The molecule has 0 saturated carbocycles. The van der Waals surface area contributed by atoms with Gasteiger partial charge in [0.25, 0.3) is 0 Å². The van der Waals surface area contributed by atoms with E-state index in [4.69, 9.17) is 4.74 Å². The van der Waals surface area contributed by atoms with Gasteiger partial charge in [0.2, 0.25) is 0 Å². The molecular weight excluding hydrogens is 279 g/mol. The van der Waals surface area contributed by atoms with Crippen LogP contribution in [-0.2, 0) is 12.7 Å². The van der Waals surface area contributed by atoms with Gasteiger partial charge in [0, 0.05) is 6.54 Å². The van der Waals surface area contributed by atoms with Gasteiger partial charge in [-0.15, -0.1) is 0 Å². The summed E-state index contributed by atoms with van der Waals surface area (Å²) < 4.78 is 44.6. The van der Waals surface area contributed by atoms with Crippen LogP contribution in [0.1, 0.15) is 50.7 Å². The zero-order valence-corrected chi connectivity index (χ0v) is 12.7. The highest BCUT2D eigenvalue weighted by molar-refractivity contribution is 5.39. The summed E-state index contributed by atoms with van der Waals surface area (Å²) in [4.78, 5) is 0. The molecule has 0 radical (unpaired) electrons. The molecule has 0 aromatic heterocycles. The number of nitrogens with one attached hydrogen (secondary N) is 1. The van der Waals surface area contributed by atoms with Gasteiger partial charge in [0.1, 0.15) is 5.75 Å². The summed E-state index contributed by atoms with van der Waals surface area (Å²) in [7, 11) is 0. The molecule has 0 unspecified atom stereocenters. The van der Waals surface area contributed by atoms with Crippen molar-refractivity contribution in [3.8, 4) is 5.75 Å². The summed E-state index contributed by atoms with van der Waals surface area (Å²) in [6, 6.07) is 4.28. The van der Waals surface area contributed by atoms with Crippen molar-refractivity contribution >= 4 is 0 Å². The average molecular weight is 303 g/mol. The van der Waals surface area contributed by atoms with Crippen LogP contribution in [0.15, 0.2) is 18.2 Å². The predicted molar refractivity (Wildman–Crippen MR) is 78.5 cm³/mol. The molecule has 0 saturated heterocycles. The highest BCUT2D eigenvalue weighted by Crippen LogP contribution is 2.37. The number of hydrogen-bond donors (Lipinski definition) is 1. The van der Waals surface area contributed by atoms with Gasteiger partial charge >= 0.3 is 6.18 Å². The fourth-order valence-corrected chi connectivity index (χ4v) is 2.01. The van der Waals surface area contributed by atoms with E-state index in [0.717, 1.165) is 32.2 Å². The van der Waals surface area contributed by atoms with E-state index in [1.54, 1.807) is 6.07 Å². The summed E-state index contributed by atoms with van der Waals surface area (Å²) in [5.41, 5.74) is -0.0732. The van der Waals surface area contributed by atoms with Crippen LogP contribution in [-0.4, -0.2) is 13.2 Å². The van der Waals surface area contributed by atoms with Crippen LogP contribution in [0.2, 0.25) is 0 Å². The van der Waals surface area contributed by atoms with Gasteiger partial charge in [0.15, 0.2) is 0 Å². The first-order chi connectivity index (χ1) is 9.99. The molecule has 0 heterocycles. The van der Waals surface area contributed by atoms with Crippen molar-refractivity contribution < 1.29 is 17.9 Å². The van der Waals surface area contributed by atoms with Crippen molar-refractivity contribution in [1.29, 1.82) is 0 Å². The fraction of sp³-hybridized carbons (Fsp3) is 0.625. The zero-order valence-electron chi connectivity index (χ0n) is 12.7. The van der Waals surface area contributed by atoms with Gasteiger partial charge in [-0.3, -0.25) is 0 Å². The molecule has 0 aliphatic carbocycles. The van der Waals surface area contributed by atoms with E-state index in [-0.39, 0.29) is 5.75 Å².